The average molecular weight is 539 g/mol. The van der Waals surface area contributed by atoms with Gasteiger partial charge in [0.25, 0.3) is 0 Å². The first-order valence-corrected chi connectivity index (χ1v) is 15.4. The van der Waals surface area contributed by atoms with E-state index in [1.54, 1.807) is 85.9 Å². The van der Waals surface area contributed by atoms with Crippen molar-refractivity contribution in [2.45, 2.75) is 33.4 Å². The van der Waals surface area contributed by atoms with Crippen LogP contribution in [0.15, 0.2) is 92.4 Å². The fourth-order valence-electron chi connectivity index (χ4n) is 2.40. The highest BCUT2D eigenvalue weighted by Crippen LogP contribution is 2.27. The number of hydrogen-bond donors (Lipinski definition) is 0. The van der Waals surface area contributed by atoms with Gasteiger partial charge in [0.1, 0.15) is 0 Å². The highest BCUT2D eigenvalue weighted by atomic mass is 32.2. The zero-order valence-corrected chi connectivity index (χ0v) is 22.6. The number of thioether (sulfide) groups is 4. The van der Waals surface area contributed by atoms with Crippen LogP contribution in [0.2, 0.25) is 0 Å². The van der Waals surface area contributed by atoms with Crippen molar-refractivity contribution < 1.29 is 18.0 Å². The number of benzene rings is 2. The second-order valence-electron chi connectivity index (χ2n) is 6.98. The molecule has 0 N–H and O–H groups in total. The minimum absolute atomic E-state index is 0.00164. The van der Waals surface area contributed by atoms with Crippen LogP contribution in [0.25, 0.3) is 0 Å². The Bertz CT molecular complexity index is 1020. The second-order valence-corrected chi connectivity index (χ2v) is 13.4. The van der Waals surface area contributed by atoms with Crippen LogP contribution in [0.4, 0.5) is 0 Å². The van der Waals surface area contributed by atoms with E-state index < -0.39 is 9.84 Å². The molecule has 176 valence electrons. The molecule has 0 radical (unpaired) electrons. The molecule has 0 aromatic heterocycles. The van der Waals surface area contributed by atoms with Gasteiger partial charge in [-0.05, 0) is 73.5 Å². The van der Waals surface area contributed by atoms with E-state index in [9.17, 15) is 18.0 Å². The smallest absolute Gasteiger partial charge is 0.214 e. The van der Waals surface area contributed by atoms with E-state index in [2.05, 4.69) is 13.2 Å². The van der Waals surface area contributed by atoms with Gasteiger partial charge in [0.2, 0.25) is 20.1 Å². The summed E-state index contributed by atoms with van der Waals surface area (Å²) in [5.74, 6) is 2.83. The lowest BCUT2D eigenvalue weighted by atomic mass is 10.4. The second kappa shape index (κ2) is 13.5. The van der Waals surface area contributed by atoms with Crippen molar-refractivity contribution in [1.29, 1.82) is 0 Å². The van der Waals surface area contributed by atoms with E-state index in [1.165, 1.54) is 23.5 Å². The predicted octanol–water partition coefficient (Wildman–Crippen LogP) is 6.38. The van der Waals surface area contributed by atoms with Crippen molar-refractivity contribution in [2.24, 2.45) is 0 Å². The molecule has 0 aliphatic carbocycles. The quantitative estimate of drug-likeness (QED) is 0.175. The summed E-state index contributed by atoms with van der Waals surface area (Å²) in [4.78, 5) is 25.5. The molecule has 0 amide bonds. The van der Waals surface area contributed by atoms with Crippen molar-refractivity contribution in [3.05, 3.63) is 72.8 Å². The summed E-state index contributed by atoms with van der Waals surface area (Å²) < 4.78 is 25.9. The lowest BCUT2D eigenvalue weighted by Gasteiger charge is -2.08. The van der Waals surface area contributed by atoms with E-state index in [0.717, 1.165) is 21.3 Å². The molecule has 0 saturated heterocycles. The van der Waals surface area contributed by atoms with Crippen LogP contribution in [0, 0.1) is 0 Å². The van der Waals surface area contributed by atoms with Crippen molar-refractivity contribution in [2.75, 3.05) is 23.0 Å². The minimum atomic E-state index is -3.60. The van der Waals surface area contributed by atoms with Crippen molar-refractivity contribution in [3.63, 3.8) is 0 Å². The molecule has 4 nitrogen and oxygen atoms in total. The van der Waals surface area contributed by atoms with Gasteiger partial charge in [0, 0.05) is 32.8 Å². The number of carbonyl (C=O) groups is 2. The topological polar surface area (TPSA) is 68.3 Å². The molecule has 0 spiro atoms. The first-order chi connectivity index (χ1) is 15.6. The van der Waals surface area contributed by atoms with Gasteiger partial charge in [0.15, 0.2) is 0 Å². The van der Waals surface area contributed by atoms with Gasteiger partial charge < -0.3 is 0 Å². The Morgan fingerprint density at radius 2 is 1.00 bits per heavy atom. The van der Waals surface area contributed by atoms with E-state index in [1.807, 2.05) is 0 Å². The summed E-state index contributed by atoms with van der Waals surface area (Å²) in [5.41, 5.74) is 1.08. The van der Waals surface area contributed by atoms with Gasteiger partial charge in [-0.2, -0.15) is 0 Å². The monoisotopic (exact) mass is 538 g/mol. The number of carbonyl (C=O) groups excluding carboxylic acids is 2. The standard InChI is InChI=1S/C24H26O4S5/c1-17(2)23(25)31-15-13-29-19-5-9-21(10-6-19)33(27,28)22-11-7-20(8-12-22)30-14-16-32-24(26)18(3)4/h5-12H,1,3,13-16H2,2,4H3. The highest BCUT2D eigenvalue weighted by Gasteiger charge is 2.17. The highest BCUT2D eigenvalue weighted by molar-refractivity contribution is 8.15. The van der Waals surface area contributed by atoms with Crippen LogP contribution in [0.3, 0.4) is 0 Å². The largest absolute Gasteiger partial charge is 0.282 e. The normalized spacial score (nSPS) is 11.2. The van der Waals surface area contributed by atoms with Crippen LogP contribution in [-0.4, -0.2) is 41.7 Å². The van der Waals surface area contributed by atoms with Crippen LogP contribution in [0.1, 0.15) is 13.8 Å². The summed E-state index contributed by atoms with van der Waals surface area (Å²) in [6.07, 6.45) is 0. The van der Waals surface area contributed by atoms with Crippen molar-refractivity contribution in [1.82, 2.24) is 0 Å². The Morgan fingerprint density at radius 3 is 1.30 bits per heavy atom. The molecule has 0 aliphatic rings. The molecule has 0 unspecified atom stereocenters. The van der Waals surface area contributed by atoms with E-state index in [0.29, 0.717) is 22.7 Å². The van der Waals surface area contributed by atoms with E-state index in [-0.39, 0.29) is 20.0 Å². The van der Waals surface area contributed by atoms with Gasteiger partial charge in [-0.25, -0.2) is 8.42 Å². The van der Waals surface area contributed by atoms with Gasteiger partial charge in [-0.15, -0.1) is 23.5 Å². The fraction of sp³-hybridized carbons (Fsp3) is 0.250. The summed E-state index contributed by atoms with van der Waals surface area (Å²) >= 11 is 5.63. The average Bonchev–Trinajstić information content (AvgIpc) is 2.79. The summed E-state index contributed by atoms with van der Waals surface area (Å²) in [5, 5.41) is -0.00328. The molecule has 0 bridgehead atoms. The molecule has 0 atom stereocenters. The van der Waals surface area contributed by atoms with Gasteiger partial charge in [-0.3, -0.25) is 9.59 Å². The molecule has 2 rings (SSSR count). The zero-order valence-electron chi connectivity index (χ0n) is 18.5. The third kappa shape index (κ3) is 9.05. The van der Waals surface area contributed by atoms with Crippen LogP contribution in [-0.2, 0) is 19.4 Å². The Hall–Kier alpha value is -1.39. The first-order valence-electron chi connectivity index (χ1n) is 9.97. The molecule has 0 aliphatic heterocycles. The zero-order chi connectivity index (χ0) is 24.4. The molecule has 2 aromatic carbocycles. The molecule has 0 saturated carbocycles. The lowest BCUT2D eigenvalue weighted by Crippen LogP contribution is -2.02. The van der Waals surface area contributed by atoms with Crippen LogP contribution < -0.4 is 0 Å². The van der Waals surface area contributed by atoms with Crippen molar-refractivity contribution in [3.8, 4) is 0 Å². The molecule has 2 aromatic rings. The SMILES string of the molecule is C=C(C)C(=O)SCCSc1ccc(S(=O)(=O)c2ccc(SCCSC(=O)C(=C)C)cc2)cc1. The predicted molar refractivity (Wildman–Crippen MR) is 144 cm³/mol. The Labute approximate surface area is 213 Å². The first kappa shape index (κ1) is 27.9. The Morgan fingerprint density at radius 1 is 0.667 bits per heavy atom. The van der Waals surface area contributed by atoms with Crippen LogP contribution in [0.5, 0.6) is 0 Å². The van der Waals surface area contributed by atoms with Gasteiger partial charge >= 0.3 is 0 Å². The maximum Gasteiger partial charge on any atom is 0.214 e. The summed E-state index contributed by atoms with van der Waals surface area (Å²) in [6, 6.07) is 13.6. The number of rotatable bonds is 12. The molecule has 0 heterocycles. The number of sulfone groups is 1. The summed E-state index contributed by atoms with van der Waals surface area (Å²) in [7, 11) is -3.60. The fourth-order valence-corrected chi connectivity index (χ4v) is 6.99. The van der Waals surface area contributed by atoms with E-state index >= 15 is 0 Å². The Balaban J connectivity index is 1.89. The molecule has 0 fully saturated rings. The summed E-state index contributed by atoms with van der Waals surface area (Å²) in [6.45, 7) is 10.7. The van der Waals surface area contributed by atoms with Gasteiger partial charge in [0.05, 0.1) is 9.79 Å². The van der Waals surface area contributed by atoms with E-state index in [4.69, 9.17) is 0 Å². The minimum Gasteiger partial charge on any atom is -0.282 e. The van der Waals surface area contributed by atoms with Crippen LogP contribution >= 0.6 is 47.0 Å². The third-order valence-corrected chi connectivity index (χ3v) is 10.5. The molecular weight excluding hydrogens is 513 g/mol. The van der Waals surface area contributed by atoms with Crippen molar-refractivity contribution >= 4 is 67.1 Å². The van der Waals surface area contributed by atoms with Gasteiger partial charge in [-0.1, -0.05) is 36.7 Å². The molecule has 33 heavy (non-hydrogen) atoms. The third-order valence-electron chi connectivity index (χ3n) is 4.14. The maximum absolute atomic E-state index is 12.9. The molecular formula is C24H26O4S5. The number of hydrogen-bond acceptors (Lipinski definition) is 8. The molecule has 9 heteroatoms. The lowest BCUT2D eigenvalue weighted by molar-refractivity contribution is -0.108. The Kier molecular flexibility index (Phi) is 11.4. The maximum atomic E-state index is 12.9.